The molecule has 6 heteroatoms. The third kappa shape index (κ3) is 5.73. The van der Waals surface area contributed by atoms with Crippen LogP contribution >= 0.6 is 11.6 Å². The van der Waals surface area contributed by atoms with Crippen molar-refractivity contribution in [3.8, 4) is 0 Å². The lowest BCUT2D eigenvalue weighted by Gasteiger charge is -2.15. The number of halogens is 1. The van der Waals surface area contributed by atoms with Crippen molar-refractivity contribution in [2.45, 2.75) is 33.4 Å². The standard InChI is InChI=1S/C15H22ClN3O2/c1-9(2)7-19-15(21)10(3)18-8-12-5-4-11(14(17)20)6-13(12)16/h4-6,9-10,18H,7-8H2,1-3H3,(H2,17,20)(H,19,21). The minimum Gasteiger partial charge on any atom is -0.366 e. The fourth-order valence-corrected chi connectivity index (χ4v) is 1.90. The van der Waals surface area contributed by atoms with Gasteiger partial charge in [-0.2, -0.15) is 0 Å². The smallest absolute Gasteiger partial charge is 0.248 e. The summed E-state index contributed by atoms with van der Waals surface area (Å²) in [6, 6.07) is 4.56. The Labute approximate surface area is 130 Å². The molecule has 0 saturated heterocycles. The van der Waals surface area contributed by atoms with Crippen molar-refractivity contribution >= 4 is 23.4 Å². The number of rotatable bonds is 7. The fraction of sp³-hybridized carbons (Fsp3) is 0.467. The molecule has 0 heterocycles. The third-order valence-electron chi connectivity index (χ3n) is 3.01. The van der Waals surface area contributed by atoms with Gasteiger partial charge in [0.1, 0.15) is 0 Å². The van der Waals surface area contributed by atoms with Gasteiger partial charge in [-0.05, 0) is 30.5 Å². The average Bonchev–Trinajstić information content (AvgIpc) is 2.42. The van der Waals surface area contributed by atoms with E-state index in [1.54, 1.807) is 19.1 Å². The lowest BCUT2D eigenvalue weighted by atomic mass is 10.1. The lowest BCUT2D eigenvalue weighted by Crippen LogP contribution is -2.43. The maximum atomic E-state index is 11.8. The Bertz CT molecular complexity index is 518. The van der Waals surface area contributed by atoms with Crippen LogP contribution in [-0.4, -0.2) is 24.4 Å². The van der Waals surface area contributed by atoms with Gasteiger partial charge in [-0.3, -0.25) is 9.59 Å². The highest BCUT2D eigenvalue weighted by molar-refractivity contribution is 6.31. The molecule has 0 aliphatic heterocycles. The predicted octanol–water partition coefficient (Wildman–Crippen LogP) is 1.69. The zero-order chi connectivity index (χ0) is 16.0. The molecule has 1 aromatic carbocycles. The molecule has 5 nitrogen and oxygen atoms in total. The van der Waals surface area contributed by atoms with E-state index >= 15 is 0 Å². The van der Waals surface area contributed by atoms with E-state index in [4.69, 9.17) is 17.3 Å². The summed E-state index contributed by atoms with van der Waals surface area (Å²) in [7, 11) is 0. The van der Waals surface area contributed by atoms with Gasteiger partial charge in [0, 0.05) is 23.7 Å². The molecule has 0 aliphatic carbocycles. The first-order valence-corrected chi connectivity index (χ1v) is 7.28. The second-order valence-corrected chi connectivity index (χ2v) is 5.82. The van der Waals surface area contributed by atoms with E-state index < -0.39 is 5.91 Å². The largest absolute Gasteiger partial charge is 0.366 e. The van der Waals surface area contributed by atoms with Crippen LogP contribution < -0.4 is 16.4 Å². The summed E-state index contributed by atoms with van der Waals surface area (Å²) in [5.41, 5.74) is 6.36. The molecule has 0 aliphatic rings. The topological polar surface area (TPSA) is 84.2 Å². The van der Waals surface area contributed by atoms with Crippen LogP contribution in [0.3, 0.4) is 0 Å². The zero-order valence-corrected chi connectivity index (χ0v) is 13.3. The van der Waals surface area contributed by atoms with Crippen LogP contribution in [0.1, 0.15) is 36.7 Å². The first kappa shape index (κ1) is 17.5. The summed E-state index contributed by atoms with van der Waals surface area (Å²) >= 11 is 6.09. The second-order valence-electron chi connectivity index (χ2n) is 5.41. The summed E-state index contributed by atoms with van der Waals surface area (Å²) in [4.78, 5) is 22.9. The lowest BCUT2D eigenvalue weighted by molar-refractivity contribution is -0.122. The van der Waals surface area contributed by atoms with Gasteiger partial charge in [-0.25, -0.2) is 0 Å². The summed E-state index contributed by atoms with van der Waals surface area (Å²) in [5, 5.41) is 6.41. The van der Waals surface area contributed by atoms with Crippen LogP contribution in [0.5, 0.6) is 0 Å². The molecule has 1 aromatic rings. The van der Waals surface area contributed by atoms with E-state index in [-0.39, 0.29) is 11.9 Å². The van der Waals surface area contributed by atoms with Crippen molar-refractivity contribution in [3.63, 3.8) is 0 Å². The number of primary amides is 1. The first-order chi connectivity index (χ1) is 9.81. The average molecular weight is 312 g/mol. The number of nitrogens with two attached hydrogens (primary N) is 1. The van der Waals surface area contributed by atoms with Crippen molar-refractivity contribution in [1.82, 2.24) is 10.6 Å². The molecular formula is C15H22ClN3O2. The summed E-state index contributed by atoms with van der Waals surface area (Å²) in [5.74, 6) is -0.150. The Kier molecular flexibility index (Phi) is 6.65. The van der Waals surface area contributed by atoms with Crippen molar-refractivity contribution in [3.05, 3.63) is 34.3 Å². The normalized spacial score (nSPS) is 12.2. The molecule has 2 amide bonds. The summed E-state index contributed by atoms with van der Waals surface area (Å²) < 4.78 is 0. The molecular weight excluding hydrogens is 290 g/mol. The number of carbonyl (C=O) groups excluding carboxylic acids is 2. The van der Waals surface area contributed by atoms with Gasteiger partial charge in [-0.15, -0.1) is 0 Å². The van der Waals surface area contributed by atoms with Gasteiger partial charge >= 0.3 is 0 Å². The maximum absolute atomic E-state index is 11.8. The quantitative estimate of drug-likeness (QED) is 0.716. The monoisotopic (exact) mass is 311 g/mol. The van der Waals surface area contributed by atoms with Crippen LogP contribution in [0.4, 0.5) is 0 Å². The van der Waals surface area contributed by atoms with E-state index in [0.29, 0.717) is 29.6 Å². The van der Waals surface area contributed by atoms with E-state index in [1.807, 2.05) is 13.8 Å². The summed E-state index contributed by atoms with van der Waals surface area (Å²) in [6.07, 6.45) is 0. The van der Waals surface area contributed by atoms with Crippen molar-refractivity contribution in [2.24, 2.45) is 11.7 Å². The molecule has 1 unspecified atom stereocenters. The highest BCUT2D eigenvalue weighted by Gasteiger charge is 2.13. The van der Waals surface area contributed by atoms with Gasteiger partial charge < -0.3 is 16.4 Å². The van der Waals surface area contributed by atoms with Crippen LogP contribution in [0.2, 0.25) is 5.02 Å². The molecule has 0 aromatic heterocycles. The molecule has 21 heavy (non-hydrogen) atoms. The van der Waals surface area contributed by atoms with Crippen LogP contribution in [0.15, 0.2) is 18.2 Å². The predicted molar refractivity (Wildman–Crippen MR) is 84.1 cm³/mol. The van der Waals surface area contributed by atoms with Gasteiger partial charge in [0.05, 0.1) is 6.04 Å². The maximum Gasteiger partial charge on any atom is 0.248 e. The number of nitrogens with one attached hydrogen (secondary N) is 2. The van der Waals surface area contributed by atoms with Crippen molar-refractivity contribution < 1.29 is 9.59 Å². The number of hydrogen-bond acceptors (Lipinski definition) is 3. The van der Waals surface area contributed by atoms with Gasteiger partial charge in [0.2, 0.25) is 11.8 Å². The number of hydrogen-bond donors (Lipinski definition) is 3. The molecule has 0 bridgehead atoms. The molecule has 1 atom stereocenters. The minimum absolute atomic E-state index is 0.0476. The molecule has 116 valence electrons. The van der Waals surface area contributed by atoms with Gasteiger partial charge in [0.15, 0.2) is 0 Å². The Morgan fingerprint density at radius 3 is 2.48 bits per heavy atom. The fourth-order valence-electron chi connectivity index (χ4n) is 1.66. The van der Waals surface area contributed by atoms with E-state index in [0.717, 1.165) is 5.56 Å². The number of benzene rings is 1. The van der Waals surface area contributed by atoms with Crippen molar-refractivity contribution in [1.29, 1.82) is 0 Å². The first-order valence-electron chi connectivity index (χ1n) is 6.90. The Morgan fingerprint density at radius 1 is 1.29 bits per heavy atom. The van der Waals surface area contributed by atoms with Crippen LogP contribution in [0.25, 0.3) is 0 Å². The van der Waals surface area contributed by atoms with E-state index in [2.05, 4.69) is 10.6 Å². The SMILES string of the molecule is CC(C)CNC(=O)C(C)NCc1ccc(C(N)=O)cc1Cl. The summed E-state index contributed by atoms with van der Waals surface area (Å²) in [6.45, 7) is 6.96. The van der Waals surface area contributed by atoms with Crippen molar-refractivity contribution in [2.75, 3.05) is 6.54 Å². The number of carbonyl (C=O) groups is 2. The third-order valence-corrected chi connectivity index (χ3v) is 3.37. The van der Waals surface area contributed by atoms with Gasteiger partial charge in [-0.1, -0.05) is 31.5 Å². The minimum atomic E-state index is -0.516. The van der Waals surface area contributed by atoms with Gasteiger partial charge in [0.25, 0.3) is 0 Å². The highest BCUT2D eigenvalue weighted by atomic mass is 35.5. The Hall–Kier alpha value is -1.59. The molecule has 0 fully saturated rings. The van der Waals surface area contributed by atoms with E-state index in [1.165, 1.54) is 6.07 Å². The molecule has 4 N–H and O–H groups in total. The molecule has 0 spiro atoms. The highest BCUT2D eigenvalue weighted by Crippen LogP contribution is 2.17. The van der Waals surface area contributed by atoms with Crippen LogP contribution in [0, 0.1) is 5.92 Å². The van der Waals surface area contributed by atoms with Crippen LogP contribution in [-0.2, 0) is 11.3 Å². The Morgan fingerprint density at radius 2 is 1.95 bits per heavy atom. The number of amides is 2. The second kappa shape index (κ2) is 8.00. The van der Waals surface area contributed by atoms with E-state index in [9.17, 15) is 9.59 Å². The zero-order valence-electron chi connectivity index (χ0n) is 12.6. The molecule has 0 saturated carbocycles. The molecule has 1 rings (SSSR count). The molecule has 0 radical (unpaired) electrons. The Balaban J connectivity index is 2.55.